The molecule has 0 aliphatic rings. The lowest BCUT2D eigenvalue weighted by Crippen LogP contribution is -2.22. The van der Waals surface area contributed by atoms with E-state index in [-0.39, 0.29) is 6.42 Å². The molecule has 0 saturated carbocycles. The normalized spacial score (nSPS) is 10.3. The van der Waals surface area contributed by atoms with E-state index in [1.165, 1.54) is 11.1 Å². The Morgan fingerprint density at radius 3 is 1.94 bits per heavy atom. The van der Waals surface area contributed by atoms with Gasteiger partial charge in [-0.3, -0.25) is 0 Å². The lowest BCUT2D eigenvalue weighted by molar-refractivity contribution is -0.305. The van der Waals surface area contributed by atoms with Crippen LogP contribution >= 0.6 is 0 Å². The molecule has 2 aromatic rings. The summed E-state index contributed by atoms with van der Waals surface area (Å²) in [5.41, 5.74) is 4.58. The van der Waals surface area contributed by atoms with Crippen LogP contribution in [0.4, 0.5) is 0 Å². The fraction of sp³-hybridized carbons (Fsp3) is 0.188. The zero-order valence-corrected chi connectivity index (χ0v) is 10.3. The number of carbonyl (C=O) groups excluding carboxylic acids is 1. The molecule has 2 rings (SSSR count). The van der Waals surface area contributed by atoms with E-state index in [0.29, 0.717) is 6.42 Å². The largest absolute Gasteiger partial charge is 0.550 e. The molecule has 0 unspecified atom stereocenters. The van der Waals surface area contributed by atoms with E-state index in [0.717, 1.165) is 11.1 Å². The van der Waals surface area contributed by atoms with Gasteiger partial charge in [0.05, 0.1) is 0 Å². The first-order chi connectivity index (χ1) is 8.65. The number of carboxylic acid groups (broad SMARTS) is 1. The van der Waals surface area contributed by atoms with Crippen molar-refractivity contribution in [2.45, 2.75) is 19.8 Å². The lowest BCUT2D eigenvalue weighted by atomic mass is 10.0. The summed E-state index contributed by atoms with van der Waals surface area (Å²) < 4.78 is 0. The number of aliphatic carboxylic acids is 1. The van der Waals surface area contributed by atoms with Gasteiger partial charge in [0.25, 0.3) is 0 Å². The highest BCUT2D eigenvalue weighted by atomic mass is 16.4. The van der Waals surface area contributed by atoms with Gasteiger partial charge in [-0.1, -0.05) is 54.1 Å². The van der Waals surface area contributed by atoms with E-state index >= 15 is 0 Å². The number of benzene rings is 2. The molecule has 0 aliphatic heterocycles. The second-order valence-electron chi connectivity index (χ2n) is 4.43. The SMILES string of the molecule is Cc1ccc(-c2ccc(CCC(=O)[O-])cc2)cc1. The minimum atomic E-state index is -1.00. The van der Waals surface area contributed by atoms with Crippen LogP contribution in [0.2, 0.25) is 0 Å². The quantitative estimate of drug-likeness (QED) is 0.821. The van der Waals surface area contributed by atoms with Crippen LogP contribution in [-0.2, 0) is 11.2 Å². The Bertz CT molecular complexity index is 524. The molecule has 92 valence electrons. The summed E-state index contributed by atoms with van der Waals surface area (Å²) in [4.78, 5) is 10.4. The minimum absolute atomic E-state index is 0.0733. The Labute approximate surface area is 107 Å². The maximum absolute atomic E-state index is 10.4. The third-order valence-electron chi connectivity index (χ3n) is 2.96. The Balaban J connectivity index is 2.12. The van der Waals surface area contributed by atoms with Gasteiger partial charge in [-0.15, -0.1) is 0 Å². The standard InChI is InChI=1S/C16H16O2/c1-12-2-7-14(8-3-12)15-9-4-13(5-10-15)6-11-16(17)18/h2-5,7-10H,6,11H2,1H3,(H,17,18)/p-1. The van der Waals surface area contributed by atoms with Gasteiger partial charge in [0.2, 0.25) is 0 Å². The van der Waals surface area contributed by atoms with E-state index < -0.39 is 5.97 Å². The minimum Gasteiger partial charge on any atom is -0.550 e. The Hall–Kier alpha value is -2.09. The van der Waals surface area contributed by atoms with Crippen LogP contribution in [0.1, 0.15) is 17.5 Å². The van der Waals surface area contributed by atoms with Crippen molar-refractivity contribution in [3.05, 3.63) is 59.7 Å². The summed E-state index contributed by atoms with van der Waals surface area (Å²) in [6, 6.07) is 16.3. The van der Waals surface area contributed by atoms with Crippen molar-refractivity contribution in [1.82, 2.24) is 0 Å². The Morgan fingerprint density at radius 1 is 0.944 bits per heavy atom. The van der Waals surface area contributed by atoms with Gasteiger partial charge in [-0.05, 0) is 36.5 Å². The van der Waals surface area contributed by atoms with Crippen molar-refractivity contribution in [2.75, 3.05) is 0 Å². The molecule has 0 heterocycles. The lowest BCUT2D eigenvalue weighted by Gasteiger charge is -2.05. The Morgan fingerprint density at radius 2 is 1.44 bits per heavy atom. The molecular weight excluding hydrogens is 224 g/mol. The van der Waals surface area contributed by atoms with Crippen LogP contribution in [0.5, 0.6) is 0 Å². The smallest absolute Gasteiger partial charge is 0.0417 e. The van der Waals surface area contributed by atoms with Crippen LogP contribution < -0.4 is 5.11 Å². The van der Waals surface area contributed by atoms with E-state index in [1.807, 2.05) is 24.3 Å². The molecule has 0 bridgehead atoms. The number of carbonyl (C=O) groups is 1. The van der Waals surface area contributed by atoms with E-state index in [4.69, 9.17) is 0 Å². The molecule has 2 aromatic carbocycles. The van der Waals surface area contributed by atoms with Crippen molar-refractivity contribution < 1.29 is 9.90 Å². The van der Waals surface area contributed by atoms with Crippen molar-refractivity contribution in [2.24, 2.45) is 0 Å². The highest BCUT2D eigenvalue weighted by Gasteiger charge is 1.98. The van der Waals surface area contributed by atoms with Crippen LogP contribution in [0.15, 0.2) is 48.5 Å². The molecule has 0 atom stereocenters. The van der Waals surface area contributed by atoms with Gasteiger partial charge in [-0.2, -0.15) is 0 Å². The highest BCUT2D eigenvalue weighted by Crippen LogP contribution is 2.20. The first-order valence-corrected chi connectivity index (χ1v) is 6.01. The number of rotatable bonds is 4. The summed E-state index contributed by atoms with van der Waals surface area (Å²) in [6.45, 7) is 2.06. The monoisotopic (exact) mass is 239 g/mol. The summed E-state index contributed by atoms with van der Waals surface area (Å²) in [6.07, 6.45) is 0.598. The molecule has 2 nitrogen and oxygen atoms in total. The number of aryl methyl sites for hydroxylation is 2. The van der Waals surface area contributed by atoms with Gasteiger partial charge < -0.3 is 9.90 Å². The highest BCUT2D eigenvalue weighted by molar-refractivity contribution is 5.65. The fourth-order valence-corrected chi connectivity index (χ4v) is 1.86. The summed E-state index contributed by atoms with van der Waals surface area (Å²) >= 11 is 0. The molecule has 0 amide bonds. The van der Waals surface area contributed by atoms with Crippen LogP contribution in [0, 0.1) is 6.92 Å². The predicted molar refractivity (Wildman–Crippen MR) is 69.9 cm³/mol. The molecule has 0 saturated heterocycles. The van der Waals surface area contributed by atoms with Crippen molar-refractivity contribution >= 4 is 5.97 Å². The van der Waals surface area contributed by atoms with Gasteiger partial charge in [0, 0.05) is 5.97 Å². The zero-order valence-electron chi connectivity index (χ0n) is 10.3. The van der Waals surface area contributed by atoms with Crippen LogP contribution in [-0.4, -0.2) is 5.97 Å². The van der Waals surface area contributed by atoms with Crippen molar-refractivity contribution in [3.8, 4) is 11.1 Å². The van der Waals surface area contributed by atoms with Gasteiger partial charge in [0.15, 0.2) is 0 Å². The molecule has 0 radical (unpaired) electrons. The average Bonchev–Trinajstić information content (AvgIpc) is 2.38. The maximum Gasteiger partial charge on any atom is 0.0417 e. The van der Waals surface area contributed by atoms with Gasteiger partial charge in [-0.25, -0.2) is 0 Å². The van der Waals surface area contributed by atoms with Crippen molar-refractivity contribution in [1.29, 1.82) is 0 Å². The van der Waals surface area contributed by atoms with Crippen molar-refractivity contribution in [3.63, 3.8) is 0 Å². The maximum atomic E-state index is 10.4. The van der Waals surface area contributed by atoms with E-state index in [1.54, 1.807) is 0 Å². The second kappa shape index (κ2) is 5.50. The third-order valence-corrected chi connectivity index (χ3v) is 2.96. The molecule has 18 heavy (non-hydrogen) atoms. The van der Waals surface area contributed by atoms with Gasteiger partial charge in [0.1, 0.15) is 0 Å². The number of carboxylic acids is 1. The van der Waals surface area contributed by atoms with Crippen LogP contribution in [0.3, 0.4) is 0 Å². The van der Waals surface area contributed by atoms with Gasteiger partial charge >= 0.3 is 0 Å². The topological polar surface area (TPSA) is 40.1 Å². The zero-order chi connectivity index (χ0) is 13.0. The molecule has 0 N–H and O–H groups in total. The summed E-state index contributed by atoms with van der Waals surface area (Å²) in [5, 5.41) is 10.4. The number of hydrogen-bond donors (Lipinski definition) is 0. The predicted octanol–water partition coefficient (Wildman–Crippen LogP) is 2.34. The number of hydrogen-bond acceptors (Lipinski definition) is 2. The average molecular weight is 239 g/mol. The third kappa shape index (κ3) is 3.20. The Kier molecular flexibility index (Phi) is 3.78. The molecule has 2 heteroatoms. The second-order valence-corrected chi connectivity index (χ2v) is 4.43. The molecule has 0 fully saturated rings. The first-order valence-electron chi connectivity index (χ1n) is 6.01. The van der Waals surface area contributed by atoms with E-state index in [9.17, 15) is 9.90 Å². The van der Waals surface area contributed by atoms with E-state index in [2.05, 4.69) is 31.2 Å². The molecule has 0 aliphatic carbocycles. The summed E-state index contributed by atoms with van der Waals surface area (Å²) in [7, 11) is 0. The first kappa shape index (κ1) is 12.4. The molecule has 0 aromatic heterocycles. The molecule has 0 spiro atoms. The fourth-order valence-electron chi connectivity index (χ4n) is 1.86. The summed E-state index contributed by atoms with van der Waals surface area (Å²) in [5.74, 6) is -1.00. The van der Waals surface area contributed by atoms with Crippen LogP contribution in [0.25, 0.3) is 11.1 Å². The molecular formula is C16H15O2-.